The number of rotatable bonds is 2. The predicted octanol–water partition coefficient (Wildman–Crippen LogP) is 0.222. The zero-order chi connectivity index (χ0) is 12.3. The van der Waals surface area contributed by atoms with E-state index in [2.05, 4.69) is 5.32 Å². The molecule has 0 radical (unpaired) electrons. The fourth-order valence-electron chi connectivity index (χ4n) is 2.00. The number of nitrogens with one attached hydrogen (secondary N) is 1. The Morgan fingerprint density at radius 3 is 2.65 bits per heavy atom. The van der Waals surface area contributed by atoms with E-state index in [1.54, 1.807) is 24.3 Å². The van der Waals surface area contributed by atoms with E-state index >= 15 is 0 Å². The van der Waals surface area contributed by atoms with Crippen LogP contribution in [0.15, 0.2) is 30.3 Å². The minimum absolute atomic E-state index is 0.0726. The first-order valence-electron chi connectivity index (χ1n) is 5.56. The molecule has 1 aliphatic rings. The van der Waals surface area contributed by atoms with Crippen LogP contribution in [0.25, 0.3) is 0 Å². The number of primary amides is 1. The van der Waals surface area contributed by atoms with Gasteiger partial charge >= 0.3 is 6.03 Å². The fourth-order valence-corrected chi connectivity index (χ4v) is 2.00. The number of Topliss-reactive ketones (excluding diaryl/α,β-unsaturated/α-hetero) is 1. The Morgan fingerprint density at radius 1 is 1.29 bits per heavy atom. The van der Waals surface area contributed by atoms with E-state index in [9.17, 15) is 9.59 Å². The normalized spacial score (nSPS) is 20.0. The third-order valence-corrected chi connectivity index (χ3v) is 2.89. The molecule has 17 heavy (non-hydrogen) atoms. The summed E-state index contributed by atoms with van der Waals surface area (Å²) in [4.78, 5) is 24.9. The number of benzene rings is 1. The first-order valence-corrected chi connectivity index (χ1v) is 5.56. The minimum Gasteiger partial charge on any atom is -0.351 e. The van der Waals surface area contributed by atoms with Crippen LogP contribution in [0.5, 0.6) is 0 Å². The van der Waals surface area contributed by atoms with E-state index in [0.29, 0.717) is 25.2 Å². The van der Waals surface area contributed by atoms with Gasteiger partial charge in [-0.25, -0.2) is 4.79 Å². The van der Waals surface area contributed by atoms with Gasteiger partial charge in [-0.3, -0.25) is 4.79 Å². The van der Waals surface area contributed by atoms with Crippen molar-refractivity contribution in [3.63, 3.8) is 0 Å². The molecule has 0 spiro atoms. The number of piperazine rings is 1. The Hall–Kier alpha value is -1.88. The molecular formula is C12H15N3O2. The molecule has 1 aliphatic heterocycles. The summed E-state index contributed by atoms with van der Waals surface area (Å²) in [6.07, 6.45) is 0. The van der Waals surface area contributed by atoms with Crippen molar-refractivity contribution in [1.82, 2.24) is 10.2 Å². The number of hydrogen-bond donors (Lipinski definition) is 2. The second-order valence-electron chi connectivity index (χ2n) is 3.98. The second kappa shape index (κ2) is 4.97. The van der Waals surface area contributed by atoms with Crippen molar-refractivity contribution in [3.05, 3.63) is 35.9 Å². The van der Waals surface area contributed by atoms with E-state index in [0.717, 1.165) is 0 Å². The highest BCUT2D eigenvalue weighted by molar-refractivity contribution is 6.01. The molecule has 1 heterocycles. The van der Waals surface area contributed by atoms with E-state index in [1.165, 1.54) is 4.90 Å². The lowest BCUT2D eigenvalue weighted by atomic mass is 10.0. The third-order valence-electron chi connectivity index (χ3n) is 2.89. The highest BCUT2D eigenvalue weighted by atomic mass is 16.2. The molecule has 5 heteroatoms. The summed E-state index contributed by atoms with van der Waals surface area (Å²) < 4.78 is 0. The molecule has 0 aromatic heterocycles. The fraction of sp³-hybridized carbons (Fsp3) is 0.333. The topological polar surface area (TPSA) is 75.4 Å². The van der Waals surface area contributed by atoms with Crippen LogP contribution in [0, 0.1) is 0 Å². The molecule has 2 rings (SSSR count). The van der Waals surface area contributed by atoms with Crippen molar-refractivity contribution in [2.45, 2.75) is 6.04 Å². The van der Waals surface area contributed by atoms with Gasteiger partial charge in [0.1, 0.15) is 6.04 Å². The van der Waals surface area contributed by atoms with E-state index in [-0.39, 0.29) is 5.78 Å². The number of amides is 2. The summed E-state index contributed by atoms with van der Waals surface area (Å²) >= 11 is 0. The molecule has 2 amide bonds. The van der Waals surface area contributed by atoms with Crippen molar-refractivity contribution in [1.29, 1.82) is 0 Å². The Balaban J connectivity index is 2.20. The molecule has 1 fully saturated rings. The molecule has 1 aromatic rings. The highest BCUT2D eigenvalue weighted by Gasteiger charge is 2.31. The second-order valence-corrected chi connectivity index (χ2v) is 3.98. The molecule has 5 nitrogen and oxygen atoms in total. The molecule has 90 valence electrons. The smallest absolute Gasteiger partial charge is 0.315 e. The quantitative estimate of drug-likeness (QED) is 0.718. The molecule has 1 unspecified atom stereocenters. The largest absolute Gasteiger partial charge is 0.351 e. The summed E-state index contributed by atoms with van der Waals surface area (Å²) in [7, 11) is 0. The number of hydrogen-bond acceptors (Lipinski definition) is 3. The molecule has 3 N–H and O–H groups in total. The van der Waals surface area contributed by atoms with Crippen LogP contribution in [0.2, 0.25) is 0 Å². The average Bonchev–Trinajstić information content (AvgIpc) is 2.39. The predicted molar refractivity (Wildman–Crippen MR) is 63.7 cm³/mol. The molecule has 1 aromatic carbocycles. The number of carbonyl (C=O) groups is 2. The highest BCUT2D eigenvalue weighted by Crippen LogP contribution is 2.11. The maximum absolute atomic E-state index is 12.2. The minimum atomic E-state index is -0.541. The van der Waals surface area contributed by atoms with Gasteiger partial charge in [0.15, 0.2) is 5.78 Å². The van der Waals surface area contributed by atoms with Crippen LogP contribution in [0.3, 0.4) is 0 Å². The molecular weight excluding hydrogens is 218 g/mol. The number of nitrogens with two attached hydrogens (primary N) is 1. The summed E-state index contributed by atoms with van der Waals surface area (Å²) in [5.41, 5.74) is 5.88. The van der Waals surface area contributed by atoms with Gasteiger partial charge in [-0.2, -0.15) is 0 Å². The van der Waals surface area contributed by atoms with Crippen molar-refractivity contribution >= 4 is 11.8 Å². The first kappa shape index (κ1) is 11.6. The molecule has 0 saturated carbocycles. The van der Waals surface area contributed by atoms with Gasteiger partial charge in [0, 0.05) is 25.2 Å². The van der Waals surface area contributed by atoms with Gasteiger partial charge in [0.25, 0.3) is 0 Å². The maximum Gasteiger partial charge on any atom is 0.315 e. The molecule has 0 bridgehead atoms. The lowest BCUT2D eigenvalue weighted by molar-refractivity contribution is 0.0825. The Labute approximate surface area is 99.6 Å². The van der Waals surface area contributed by atoms with Crippen molar-refractivity contribution < 1.29 is 9.59 Å². The van der Waals surface area contributed by atoms with Crippen LogP contribution in [0.1, 0.15) is 10.4 Å². The van der Waals surface area contributed by atoms with Gasteiger partial charge in [0.05, 0.1) is 0 Å². The van der Waals surface area contributed by atoms with Crippen molar-refractivity contribution in [2.75, 3.05) is 19.6 Å². The Morgan fingerprint density at radius 2 is 2.00 bits per heavy atom. The molecule has 1 saturated heterocycles. The van der Waals surface area contributed by atoms with Gasteiger partial charge < -0.3 is 16.0 Å². The Kier molecular flexibility index (Phi) is 3.39. The monoisotopic (exact) mass is 233 g/mol. The standard InChI is InChI=1S/C12H15N3O2/c13-12(17)15-7-6-14-8-10(15)11(16)9-4-2-1-3-5-9/h1-5,10,14H,6-8H2,(H2,13,17). The molecule has 0 aliphatic carbocycles. The summed E-state index contributed by atoms with van der Waals surface area (Å²) in [6.45, 7) is 1.59. The van der Waals surface area contributed by atoms with Gasteiger partial charge in [-0.1, -0.05) is 30.3 Å². The van der Waals surface area contributed by atoms with Gasteiger partial charge in [-0.15, -0.1) is 0 Å². The lowest BCUT2D eigenvalue weighted by Crippen LogP contribution is -2.58. The average molecular weight is 233 g/mol. The van der Waals surface area contributed by atoms with Crippen LogP contribution in [0.4, 0.5) is 4.79 Å². The van der Waals surface area contributed by atoms with Crippen LogP contribution in [-0.2, 0) is 0 Å². The SMILES string of the molecule is NC(=O)N1CCNCC1C(=O)c1ccccc1. The van der Waals surface area contributed by atoms with E-state index in [1.807, 2.05) is 6.07 Å². The molecule has 1 atom stereocenters. The Bertz CT molecular complexity index is 419. The van der Waals surface area contributed by atoms with Crippen molar-refractivity contribution in [3.8, 4) is 0 Å². The third kappa shape index (κ3) is 2.45. The maximum atomic E-state index is 12.2. The van der Waals surface area contributed by atoms with Gasteiger partial charge in [-0.05, 0) is 0 Å². The van der Waals surface area contributed by atoms with Crippen molar-refractivity contribution in [2.24, 2.45) is 5.73 Å². The summed E-state index contributed by atoms with van der Waals surface area (Å²) in [5, 5.41) is 3.10. The first-order chi connectivity index (χ1) is 8.20. The van der Waals surface area contributed by atoms with Crippen LogP contribution < -0.4 is 11.1 Å². The van der Waals surface area contributed by atoms with Crippen LogP contribution in [-0.4, -0.2) is 42.4 Å². The number of ketones is 1. The van der Waals surface area contributed by atoms with Gasteiger partial charge in [0.2, 0.25) is 0 Å². The van der Waals surface area contributed by atoms with Crippen LogP contribution >= 0.6 is 0 Å². The van der Waals surface area contributed by atoms with E-state index in [4.69, 9.17) is 5.73 Å². The number of urea groups is 1. The number of nitrogens with zero attached hydrogens (tertiary/aromatic N) is 1. The summed E-state index contributed by atoms with van der Waals surface area (Å²) in [6, 6.07) is 7.91. The summed E-state index contributed by atoms with van der Waals surface area (Å²) in [5.74, 6) is -0.0726. The zero-order valence-electron chi connectivity index (χ0n) is 9.43. The zero-order valence-corrected chi connectivity index (χ0v) is 9.43. The lowest BCUT2D eigenvalue weighted by Gasteiger charge is -2.33. The van der Waals surface area contributed by atoms with E-state index < -0.39 is 12.1 Å². The number of carbonyl (C=O) groups excluding carboxylic acids is 2.